The highest BCUT2D eigenvalue weighted by molar-refractivity contribution is 8.15. The van der Waals surface area contributed by atoms with Crippen LogP contribution in [0.4, 0.5) is 5.69 Å². The number of nitrogens with zero attached hydrogens (tertiary/aromatic N) is 4. The SMILES string of the molecule is COc1ccc(N2C(=O)CSC2=NNC(=O)Cn2c(Cc3ccsc3)nc3ccccc3c2=O)cc1. The molecule has 182 valence electrons. The largest absolute Gasteiger partial charge is 0.497 e. The van der Waals surface area contributed by atoms with Gasteiger partial charge in [-0.05, 0) is 58.8 Å². The van der Waals surface area contributed by atoms with Crippen LogP contribution in [0.1, 0.15) is 11.4 Å². The highest BCUT2D eigenvalue weighted by Crippen LogP contribution is 2.28. The number of thioether (sulfide) groups is 1. The first-order valence-corrected chi connectivity index (χ1v) is 12.9. The Hall–Kier alpha value is -3.96. The molecule has 0 atom stereocenters. The van der Waals surface area contributed by atoms with Crippen molar-refractivity contribution in [3.8, 4) is 5.75 Å². The lowest BCUT2D eigenvalue weighted by molar-refractivity contribution is -0.121. The van der Waals surface area contributed by atoms with Gasteiger partial charge in [0.05, 0.1) is 29.5 Å². The van der Waals surface area contributed by atoms with Crippen LogP contribution in [-0.4, -0.2) is 39.4 Å². The van der Waals surface area contributed by atoms with E-state index in [1.165, 1.54) is 21.2 Å². The zero-order valence-corrected chi connectivity index (χ0v) is 20.8. The second-order valence-corrected chi connectivity index (χ2v) is 9.61. The van der Waals surface area contributed by atoms with Crippen LogP contribution in [0.25, 0.3) is 10.9 Å². The fourth-order valence-corrected chi connectivity index (χ4v) is 5.30. The molecule has 0 bridgehead atoms. The van der Waals surface area contributed by atoms with Gasteiger partial charge in [-0.25, -0.2) is 10.4 Å². The van der Waals surface area contributed by atoms with E-state index in [4.69, 9.17) is 4.74 Å². The van der Waals surface area contributed by atoms with Crippen molar-refractivity contribution in [1.82, 2.24) is 15.0 Å². The Balaban J connectivity index is 1.39. The van der Waals surface area contributed by atoms with E-state index < -0.39 is 5.91 Å². The summed E-state index contributed by atoms with van der Waals surface area (Å²) in [6, 6.07) is 16.0. The van der Waals surface area contributed by atoms with E-state index in [9.17, 15) is 14.4 Å². The molecule has 0 unspecified atom stereocenters. The molecule has 1 aliphatic heterocycles. The molecule has 1 fully saturated rings. The van der Waals surface area contributed by atoms with E-state index in [0.29, 0.717) is 39.8 Å². The summed E-state index contributed by atoms with van der Waals surface area (Å²) in [6.45, 7) is -0.256. The molecule has 1 aliphatic rings. The summed E-state index contributed by atoms with van der Waals surface area (Å²) in [7, 11) is 1.57. The summed E-state index contributed by atoms with van der Waals surface area (Å²) in [5.74, 6) is 0.719. The van der Waals surface area contributed by atoms with Gasteiger partial charge >= 0.3 is 0 Å². The van der Waals surface area contributed by atoms with Gasteiger partial charge in [0, 0.05) is 6.42 Å². The van der Waals surface area contributed by atoms with Crippen molar-refractivity contribution < 1.29 is 14.3 Å². The topological polar surface area (TPSA) is 106 Å². The van der Waals surface area contributed by atoms with Crippen LogP contribution in [0.3, 0.4) is 0 Å². The molecule has 0 aliphatic carbocycles. The van der Waals surface area contributed by atoms with E-state index in [1.807, 2.05) is 22.9 Å². The summed E-state index contributed by atoms with van der Waals surface area (Å²) < 4.78 is 6.55. The Morgan fingerprint density at radius 2 is 1.94 bits per heavy atom. The number of ether oxygens (including phenoxy) is 1. The molecule has 0 spiro atoms. The Labute approximate surface area is 214 Å². The molecule has 3 heterocycles. The van der Waals surface area contributed by atoms with Gasteiger partial charge in [0.1, 0.15) is 18.1 Å². The number of amides is 2. The zero-order chi connectivity index (χ0) is 25.1. The van der Waals surface area contributed by atoms with Crippen LogP contribution >= 0.6 is 23.1 Å². The van der Waals surface area contributed by atoms with Crippen molar-refractivity contribution >= 4 is 56.7 Å². The average Bonchev–Trinajstić information content (AvgIpc) is 3.54. The molecule has 9 nitrogen and oxygen atoms in total. The second kappa shape index (κ2) is 10.3. The number of thiophene rings is 1. The monoisotopic (exact) mass is 519 g/mol. The highest BCUT2D eigenvalue weighted by atomic mass is 32.2. The predicted molar refractivity (Wildman–Crippen MR) is 142 cm³/mol. The number of para-hydroxylation sites is 1. The fourth-order valence-electron chi connectivity index (χ4n) is 3.81. The van der Waals surface area contributed by atoms with E-state index in [2.05, 4.69) is 15.5 Å². The number of carbonyl (C=O) groups is 2. The van der Waals surface area contributed by atoms with Crippen LogP contribution in [0.15, 0.2) is 75.3 Å². The summed E-state index contributed by atoms with van der Waals surface area (Å²) in [4.78, 5) is 44.7. The number of benzene rings is 2. The number of anilines is 1. The van der Waals surface area contributed by atoms with Gasteiger partial charge in [-0.15, -0.1) is 5.10 Å². The van der Waals surface area contributed by atoms with Gasteiger partial charge in [0.2, 0.25) is 5.91 Å². The number of fused-ring (bicyclic) bond motifs is 1. The Kier molecular flexibility index (Phi) is 6.83. The summed E-state index contributed by atoms with van der Waals surface area (Å²) in [6.07, 6.45) is 0.418. The zero-order valence-electron chi connectivity index (χ0n) is 19.2. The minimum absolute atomic E-state index is 0.147. The molecule has 4 aromatic rings. The third-order valence-corrected chi connectivity index (χ3v) is 7.21. The summed E-state index contributed by atoms with van der Waals surface area (Å²) in [5.41, 5.74) is 4.42. The van der Waals surface area contributed by atoms with Gasteiger partial charge in [0.25, 0.3) is 11.5 Å². The van der Waals surface area contributed by atoms with Crippen LogP contribution in [-0.2, 0) is 22.6 Å². The standard InChI is InChI=1S/C25H21N5O4S2/c1-34-18-8-6-17(7-9-18)30-23(32)15-36-25(30)28-27-22(31)13-29-21(12-16-10-11-35-14-16)26-20-5-3-2-4-19(20)24(29)33/h2-11,14H,12-13,15H2,1H3,(H,27,31). The van der Waals surface area contributed by atoms with Gasteiger partial charge in [-0.3, -0.25) is 23.9 Å². The van der Waals surface area contributed by atoms with Gasteiger partial charge in [-0.2, -0.15) is 11.3 Å². The van der Waals surface area contributed by atoms with Crippen molar-refractivity contribution in [1.29, 1.82) is 0 Å². The predicted octanol–water partition coefficient (Wildman–Crippen LogP) is 3.22. The molecule has 0 radical (unpaired) electrons. The van der Waals surface area contributed by atoms with E-state index in [0.717, 1.165) is 5.56 Å². The lowest BCUT2D eigenvalue weighted by Crippen LogP contribution is -2.35. The molecule has 2 aromatic carbocycles. The van der Waals surface area contributed by atoms with Crippen molar-refractivity contribution in [2.45, 2.75) is 13.0 Å². The molecule has 1 N–H and O–H groups in total. The number of hydrazone groups is 1. The smallest absolute Gasteiger partial charge is 0.261 e. The first kappa shape index (κ1) is 23.8. The van der Waals surface area contributed by atoms with E-state index in [-0.39, 0.29) is 23.8 Å². The number of rotatable bonds is 7. The van der Waals surface area contributed by atoms with Crippen molar-refractivity contribution in [3.63, 3.8) is 0 Å². The van der Waals surface area contributed by atoms with Crippen molar-refractivity contribution in [3.05, 3.63) is 87.1 Å². The third kappa shape index (κ3) is 4.88. The number of hydrogen-bond acceptors (Lipinski definition) is 8. The Bertz CT molecular complexity index is 1510. The molecule has 5 rings (SSSR count). The van der Waals surface area contributed by atoms with Crippen LogP contribution in [0.5, 0.6) is 5.75 Å². The number of hydrogen-bond donors (Lipinski definition) is 1. The third-order valence-electron chi connectivity index (χ3n) is 5.56. The van der Waals surface area contributed by atoms with Crippen LogP contribution in [0, 0.1) is 0 Å². The maximum atomic E-state index is 13.2. The van der Waals surface area contributed by atoms with Crippen molar-refractivity contribution in [2.75, 3.05) is 17.8 Å². The lowest BCUT2D eigenvalue weighted by atomic mass is 10.2. The van der Waals surface area contributed by atoms with E-state index in [1.54, 1.807) is 60.9 Å². The number of carbonyl (C=O) groups excluding carboxylic acids is 2. The molecule has 2 amide bonds. The molecule has 0 saturated carbocycles. The summed E-state index contributed by atoms with van der Waals surface area (Å²) in [5, 5.41) is 8.91. The average molecular weight is 520 g/mol. The number of amidine groups is 1. The Morgan fingerprint density at radius 3 is 2.69 bits per heavy atom. The van der Waals surface area contributed by atoms with Crippen LogP contribution < -0.4 is 20.6 Å². The minimum Gasteiger partial charge on any atom is -0.497 e. The highest BCUT2D eigenvalue weighted by Gasteiger charge is 2.30. The normalized spacial score (nSPS) is 14.5. The first-order valence-electron chi connectivity index (χ1n) is 11.0. The molecular formula is C25H21N5O4S2. The minimum atomic E-state index is -0.497. The number of aromatic nitrogens is 2. The number of methoxy groups -OCH3 is 1. The summed E-state index contributed by atoms with van der Waals surface area (Å²) >= 11 is 2.78. The molecule has 2 aromatic heterocycles. The maximum Gasteiger partial charge on any atom is 0.261 e. The molecule has 1 saturated heterocycles. The fraction of sp³-hybridized carbons (Fsp3) is 0.160. The first-order chi connectivity index (χ1) is 17.5. The maximum absolute atomic E-state index is 13.2. The van der Waals surface area contributed by atoms with Gasteiger partial charge in [0.15, 0.2) is 5.17 Å². The lowest BCUT2D eigenvalue weighted by Gasteiger charge is -2.16. The van der Waals surface area contributed by atoms with Gasteiger partial charge in [-0.1, -0.05) is 23.9 Å². The number of nitrogens with one attached hydrogen (secondary N) is 1. The second-order valence-electron chi connectivity index (χ2n) is 7.89. The van der Waals surface area contributed by atoms with Crippen molar-refractivity contribution in [2.24, 2.45) is 5.10 Å². The van der Waals surface area contributed by atoms with E-state index >= 15 is 0 Å². The molecular weight excluding hydrogens is 498 g/mol. The van der Waals surface area contributed by atoms with Crippen LogP contribution in [0.2, 0.25) is 0 Å². The van der Waals surface area contributed by atoms with Gasteiger partial charge < -0.3 is 4.74 Å². The quantitative estimate of drug-likeness (QED) is 0.376. The molecule has 11 heteroatoms. The molecule has 36 heavy (non-hydrogen) atoms. The Morgan fingerprint density at radius 1 is 1.14 bits per heavy atom.